The zero-order chi connectivity index (χ0) is 25.4. The van der Waals surface area contributed by atoms with Crippen LogP contribution in [0.15, 0.2) is 95.5 Å². The predicted octanol–water partition coefficient (Wildman–Crippen LogP) is 10.7. The highest BCUT2D eigenvalue weighted by molar-refractivity contribution is 7.10. The zero-order valence-corrected chi connectivity index (χ0v) is 23.6. The first kappa shape index (κ1) is 27.2. The molecule has 5 rings (SSSR count). The molecular weight excluding hydrogens is 440 g/mol. The largest absolute Gasteiger partial charge is 0.149 e. The molecule has 0 N–H and O–H groups in total. The Bertz CT molecular complexity index is 1120. The molecule has 3 aliphatic carbocycles. The Morgan fingerprint density at radius 1 is 1.09 bits per heavy atom. The maximum absolute atomic E-state index is 4.02. The molecule has 0 aliphatic heterocycles. The first-order valence-corrected chi connectivity index (χ1v) is 14.5. The first-order valence-electron chi connectivity index (χ1n) is 13.6. The number of thiophene rings is 1. The van der Waals surface area contributed by atoms with Gasteiger partial charge in [-0.1, -0.05) is 113 Å². The summed E-state index contributed by atoms with van der Waals surface area (Å²) in [5.41, 5.74) is 8.90. The molecule has 1 fully saturated rings. The molecule has 0 bridgehead atoms. The normalized spacial score (nSPS) is 23.5. The van der Waals surface area contributed by atoms with Crippen LogP contribution in [0.25, 0.3) is 11.1 Å². The molecule has 35 heavy (non-hydrogen) atoms. The van der Waals surface area contributed by atoms with E-state index in [4.69, 9.17) is 0 Å². The fourth-order valence-corrected chi connectivity index (χ4v) is 6.09. The number of hydrogen-bond donors (Lipinski definition) is 0. The number of hydrogen-bond acceptors (Lipinski definition) is 1. The number of aryl methyl sites for hydroxylation is 2. The van der Waals surface area contributed by atoms with Gasteiger partial charge in [-0.2, -0.15) is 0 Å². The van der Waals surface area contributed by atoms with Crippen molar-refractivity contribution in [3.05, 3.63) is 106 Å². The van der Waals surface area contributed by atoms with E-state index in [2.05, 4.69) is 100 Å². The monoisotopic (exact) mass is 484 g/mol. The minimum Gasteiger partial charge on any atom is -0.149 e. The van der Waals surface area contributed by atoms with Crippen molar-refractivity contribution < 1.29 is 0 Å². The van der Waals surface area contributed by atoms with E-state index in [1.165, 1.54) is 58.4 Å². The third-order valence-corrected chi connectivity index (χ3v) is 8.43. The standard InChI is InChI=1S/C28H28S.C4H10.C2H6/c1-4-21(5-2)25-11-12-27-26(25)10-9-24-17-28(24,27)14-13-20-7-6-8-22(16-20)23-15-19(3)29-18-23;1-3-4-2;1-2/h4-12,15-16,18,24,26H,1,13-14,17H2,2-3H3;3-4H2,1-2H3;1-2H3/b21-5+;;. The van der Waals surface area contributed by atoms with Crippen LogP contribution in [-0.4, -0.2) is 0 Å². The molecule has 3 aliphatic rings. The summed E-state index contributed by atoms with van der Waals surface area (Å²) in [6, 6.07) is 11.5. The van der Waals surface area contributed by atoms with Crippen LogP contribution in [0.5, 0.6) is 0 Å². The summed E-state index contributed by atoms with van der Waals surface area (Å²) in [4.78, 5) is 1.38. The van der Waals surface area contributed by atoms with E-state index in [0.717, 1.165) is 12.3 Å². The van der Waals surface area contributed by atoms with Gasteiger partial charge in [0.25, 0.3) is 0 Å². The maximum atomic E-state index is 4.02. The zero-order valence-electron chi connectivity index (χ0n) is 22.7. The molecule has 1 heterocycles. The third-order valence-electron chi connectivity index (χ3n) is 7.57. The maximum Gasteiger partial charge on any atom is 0.0243 e. The van der Waals surface area contributed by atoms with Crippen LogP contribution < -0.4 is 0 Å². The van der Waals surface area contributed by atoms with Crippen molar-refractivity contribution in [1.29, 1.82) is 0 Å². The minimum atomic E-state index is 0.382. The first-order chi connectivity index (χ1) is 17.1. The Morgan fingerprint density at radius 2 is 1.86 bits per heavy atom. The smallest absolute Gasteiger partial charge is 0.0243 e. The van der Waals surface area contributed by atoms with E-state index in [9.17, 15) is 0 Å². The van der Waals surface area contributed by atoms with Crippen molar-refractivity contribution in [2.45, 2.75) is 73.6 Å². The summed E-state index contributed by atoms with van der Waals surface area (Å²) < 4.78 is 0. The number of rotatable bonds is 7. The SMILES string of the molecule is C=C/C(=C\C)C1=CC=C2C1C=CC1CC21CCc1cccc(-c2csc(C)c2)c1.CC.CCCC. The van der Waals surface area contributed by atoms with Gasteiger partial charge >= 0.3 is 0 Å². The molecule has 0 saturated heterocycles. The molecule has 0 spiro atoms. The molecule has 3 unspecified atom stereocenters. The highest BCUT2D eigenvalue weighted by Gasteiger charge is 2.58. The fourth-order valence-electron chi connectivity index (χ4n) is 5.38. The summed E-state index contributed by atoms with van der Waals surface area (Å²) in [7, 11) is 0. The molecule has 1 saturated carbocycles. The van der Waals surface area contributed by atoms with Gasteiger partial charge in [-0.15, -0.1) is 11.3 Å². The Labute approximate surface area is 218 Å². The molecule has 186 valence electrons. The molecule has 1 aromatic heterocycles. The fraction of sp³-hybridized carbons (Fsp3) is 0.412. The minimum absolute atomic E-state index is 0.382. The van der Waals surface area contributed by atoms with E-state index in [1.807, 2.05) is 31.3 Å². The van der Waals surface area contributed by atoms with Crippen molar-refractivity contribution in [3.63, 3.8) is 0 Å². The van der Waals surface area contributed by atoms with Crippen molar-refractivity contribution in [2.75, 3.05) is 0 Å². The second kappa shape index (κ2) is 12.5. The third kappa shape index (κ3) is 5.89. The quantitative estimate of drug-likeness (QED) is 0.271. The second-order valence-corrected chi connectivity index (χ2v) is 10.8. The number of benzene rings is 1. The van der Waals surface area contributed by atoms with Gasteiger partial charge in [-0.05, 0) is 83.7 Å². The van der Waals surface area contributed by atoms with Gasteiger partial charge in [0.1, 0.15) is 0 Å². The van der Waals surface area contributed by atoms with Gasteiger partial charge < -0.3 is 0 Å². The van der Waals surface area contributed by atoms with Crippen molar-refractivity contribution >= 4 is 11.3 Å². The lowest BCUT2D eigenvalue weighted by Crippen LogP contribution is -2.19. The van der Waals surface area contributed by atoms with Crippen LogP contribution in [0, 0.1) is 24.2 Å². The summed E-state index contributed by atoms with van der Waals surface area (Å²) >= 11 is 1.83. The molecule has 1 heteroatoms. The van der Waals surface area contributed by atoms with E-state index in [0.29, 0.717) is 11.3 Å². The molecule has 3 atom stereocenters. The molecule has 0 radical (unpaired) electrons. The van der Waals surface area contributed by atoms with Gasteiger partial charge in [-0.3, -0.25) is 0 Å². The van der Waals surface area contributed by atoms with Gasteiger partial charge in [0.2, 0.25) is 0 Å². The summed E-state index contributed by atoms with van der Waals surface area (Å²) in [6.45, 7) is 16.7. The van der Waals surface area contributed by atoms with Gasteiger partial charge in [0, 0.05) is 10.8 Å². The van der Waals surface area contributed by atoms with Crippen molar-refractivity contribution in [2.24, 2.45) is 17.3 Å². The van der Waals surface area contributed by atoms with Crippen LogP contribution in [0.1, 0.15) is 70.7 Å². The predicted molar refractivity (Wildman–Crippen MR) is 158 cm³/mol. The van der Waals surface area contributed by atoms with E-state index < -0.39 is 0 Å². The molecule has 0 amide bonds. The highest BCUT2D eigenvalue weighted by Crippen LogP contribution is 2.67. The van der Waals surface area contributed by atoms with Crippen LogP contribution in [0.2, 0.25) is 0 Å². The summed E-state index contributed by atoms with van der Waals surface area (Å²) in [6.07, 6.45) is 20.2. The van der Waals surface area contributed by atoms with Crippen molar-refractivity contribution in [1.82, 2.24) is 0 Å². The number of allylic oxidation sites excluding steroid dienone is 9. The lowest BCUT2D eigenvalue weighted by Gasteiger charge is -2.29. The van der Waals surface area contributed by atoms with Crippen LogP contribution >= 0.6 is 11.3 Å². The second-order valence-electron chi connectivity index (χ2n) is 9.67. The van der Waals surface area contributed by atoms with Crippen LogP contribution in [-0.2, 0) is 6.42 Å². The molecule has 2 aromatic rings. The van der Waals surface area contributed by atoms with Crippen LogP contribution in [0.4, 0.5) is 0 Å². The van der Waals surface area contributed by atoms with E-state index in [1.54, 1.807) is 5.57 Å². The Kier molecular flexibility index (Phi) is 9.75. The summed E-state index contributed by atoms with van der Waals surface area (Å²) in [5.74, 6) is 1.19. The average molecular weight is 485 g/mol. The van der Waals surface area contributed by atoms with Gasteiger partial charge in [0.05, 0.1) is 0 Å². The molecular formula is C34H44S. The topological polar surface area (TPSA) is 0 Å². The lowest BCUT2D eigenvalue weighted by atomic mass is 9.75. The highest BCUT2D eigenvalue weighted by atomic mass is 32.1. The number of fused-ring (bicyclic) bond motifs is 3. The number of unbranched alkanes of at least 4 members (excludes halogenated alkanes) is 1. The van der Waals surface area contributed by atoms with Gasteiger partial charge in [0.15, 0.2) is 0 Å². The van der Waals surface area contributed by atoms with E-state index in [-0.39, 0.29) is 0 Å². The summed E-state index contributed by atoms with van der Waals surface area (Å²) in [5, 5.41) is 2.27. The van der Waals surface area contributed by atoms with Crippen LogP contribution in [0.3, 0.4) is 0 Å². The Morgan fingerprint density at radius 3 is 2.49 bits per heavy atom. The van der Waals surface area contributed by atoms with Gasteiger partial charge in [-0.25, -0.2) is 0 Å². The lowest BCUT2D eigenvalue weighted by molar-refractivity contribution is 0.479. The van der Waals surface area contributed by atoms with Crippen molar-refractivity contribution in [3.8, 4) is 11.1 Å². The van der Waals surface area contributed by atoms with E-state index >= 15 is 0 Å². The molecule has 1 aromatic carbocycles. The Hall–Kier alpha value is -2.38. The molecule has 0 nitrogen and oxygen atoms in total. The Balaban J connectivity index is 0.000000521. The average Bonchev–Trinajstić information content (AvgIpc) is 3.20.